The van der Waals surface area contributed by atoms with E-state index in [1.165, 1.54) is 0 Å². The summed E-state index contributed by atoms with van der Waals surface area (Å²) in [6, 6.07) is 1.68. The zero-order valence-electron chi connectivity index (χ0n) is 17.9. The lowest BCUT2D eigenvalue weighted by molar-refractivity contribution is -0.00341. The SMILES string of the molecule is C=CCOC1CCC2CC(c3c(F)cc4c(c3F)CCC(CCC)C4)CCC2C1. The highest BCUT2D eigenvalue weighted by molar-refractivity contribution is 5.39. The molecule has 0 amide bonds. The van der Waals surface area contributed by atoms with Crippen molar-refractivity contribution in [1.29, 1.82) is 0 Å². The molecule has 3 aliphatic rings. The third-order valence-electron chi connectivity index (χ3n) is 7.88. The molecule has 160 valence electrons. The van der Waals surface area contributed by atoms with E-state index in [4.69, 9.17) is 4.74 Å². The fraction of sp³-hybridized carbons (Fsp3) is 0.692. The first-order valence-corrected chi connectivity index (χ1v) is 11.8. The van der Waals surface area contributed by atoms with Crippen molar-refractivity contribution in [2.75, 3.05) is 6.61 Å². The zero-order valence-corrected chi connectivity index (χ0v) is 17.9. The molecule has 0 heterocycles. The second kappa shape index (κ2) is 9.29. The van der Waals surface area contributed by atoms with Crippen LogP contribution in [0.1, 0.15) is 87.3 Å². The summed E-state index contributed by atoms with van der Waals surface area (Å²) < 4.78 is 36.4. The highest BCUT2D eigenvalue weighted by atomic mass is 19.1. The predicted molar refractivity (Wildman–Crippen MR) is 114 cm³/mol. The summed E-state index contributed by atoms with van der Waals surface area (Å²) in [6.07, 6.45) is 13.3. The van der Waals surface area contributed by atoms with Crippen molar-refractivity contribution in [3.05, 3.63) is 47.0 Å². The minimum absolute atomic E-state index is 0.0422. The van der Waals surface area contributed by atoms with Gasteiger partial charge in [0.1, 0.15) is 11.6 Å². The first-order valence-electron chi connectivity index (χ1n) is 11.8. The van der Waals surface area contributed by atoms with Crippen molar-refractivity contribution in [1.82, 2.24) is 0 Å². The van der Waals surface area contributed by atoms with Crippen LogP contribution in [0.5, 0.6) is 0 Å². The molecular formula is C26H36F2O. The molecule has 4 rings (SSSR count). The molecule has 0 saturated heterocycles. The Morgan fingerprint density at radius 2 is 1.90 bits per heavy atom. The van der Waals surface area contributed by atoms with Gasteiger partial charge in [0.25, 0.3) is 0 Å². The van der Waals surface area contributed by atoms with Crippen LogP contribution < -0.4 is 0 Å². The van der Waals surface area contributed by atoms with Crippen LogP contribution in [0.25, 0.3) is 0 Å². The number of fused-ring (bicyclic) bond motifs is 2. The van der Waals surface area contributed by atoms with Gasteiger partial charge in [-0.2, -0.15) is 0 Å². The number of halogens is 2. The molecule has 3 heteroatoms. The molecule has 5 atom stereocenters. The summed E-state index contributed by atoms with van der Waals surface area (Å²) >= 11 is 0. The van der Waals surface area contributed by atoms with Gasteiger partial charge in [0.05, 0.1) is 12.7 Å². The maximum Gasteiger partial charge on any atom is 0.133 e. The van der Waals surface area contributed by atoms with E-state index in [9.17, 15) is 0 Å². The third-order valence-corrected chi connectivity index (χ3v) is 7.88. The van der Waals surface area contributed by atoms with Crippen molar-refractivity contribution in [3.63, 3.8) is 0 Å². The Bertz CT molecular complexity index is 728. The molecule has 3 aliphatic carbocycles. The summed E-state index contributed by atoms with van der Waals surface area (Å²) in [5.41, 5.74) is 2.15. The zero-order chi connectivity index (χ0) is 20.4. The molecule has 0 aromatic heterocycles. The summed E-state index contributed by atoms with van der Waals surface area (Å²) in [7, 11) is 0. The van der Waals surface area contributed by atoms with Crippen molar-refractivity contribution in [2.24, 2.45) is 17.8 Å². The fourth-order valence-corrected chi connectivity index (χ4v) is 6.43. The van der Waals surface area contributed by atoms with Gasteiger partial charge in [-0.1, -0.05) is 25.8 Å². The van der Waals surface area contributed by atoms with Gasteiger partial charge in [0, 0.05) is 5.56 Å². The van der Waals surface area contributed by atoms with Crippen LogP contribution in [0, 0.1) is 29.4 Å². The monoisotopic (exact) mass is 402 g/mol. The van der Waals surface area contributed by atoms with Crippen LogP contribution in [0.4, 0.5) is 8.78 Å². The van der Waals surface area contributed by atoms with Gasteiger partial charge in [-0.15, -0.1) is 6.58 Å². The van der Waals surface area contributed by atoms with E-state index < -0.39 is 0 Å². The van der Waals surface area contributed by atoms with Crippen LogP contribution in [-0.2, 0) is 17.6 Å². The van der Waals surface area contributed by atoms with E-state index in [2.05, 4.69) is 13.5 Å². The first kappa shape index (κ1) is 21.0. The van der Waals surface area contributed by atoms with Crippen LogP contribution in [0.3, 0.4) is 0 Å². The number of hydrogen-bond donors (Lipinski definition) is 0. The van der Waals surface area contributed by atoms with Gasteiger partial charge in [-0.05, 0) is 98.7 Å². The lowest BCUT2D eigenvalue weighted by atomic mass is 9.65. The second-order valence-corrected chi connectivity index (χ2v) is 9.71. The quantitative estimate of drug-likeness (QED) is 0.460. The molecule has 1 aromatic rings. The lowest BCUT2D eigenvalue weighted by Crippen LogP contribution is -2.34. The average Bonchev–Trinajstić information content (AvgIpc) is 2.72. The van der Waals surface area contributed by atoms with E-state index in [0.29, 0.717) is 36.0 Å². The molecule has 0 aliphatic heterocycles. The van der Waals surface area contributed by atoms with Crippen molar-refractivity contribution in [3.8, 4) is 0 Å². The highest BCUT2D eigenvalue weighted by Gasteiger charge is 2.38. The molecule has 0 bridgehead atoms. The molecule has 0 spiro atoms. The summed E-state index contributed by atoms with van der Waals surface area (Å²) in [5.74, 6) is 1.37. The van der Waals surface area contributed by atoms with Gasteiger partial charge in [-0.3, -0.25) is 0 Å². The molecule has 2 saturated carbocycles. The molecule has 1 aromatic carbocycles. The van der Waals surface area contributed by atoms with E-state index >= 15 is 8.78 Å². The van der Waals surface area contributed by atoms with Crippen molar-refractivity contribution in [2.45, 2.75) is 89.6 Å². The molecular weight excluding hydrogens is 366 g/mol. The Balaban J connectivity index is 1.47. The lowest BCUT2D eigenvalue weighted by Gasteiger charge is -2.42. The van der Waals surface area contributed by atoms with E-state index in [1.807, 2.05) is 6.08 Å². The highest BCUT2D eigenvalue weighted by Crippen LogP contribution is 2.48. The summed E-state index contributed by atoms with van der Waals surface area (Å²) in [4.78, 5) is 0. The summed E-state index contributed by atoms with van der Waals surface area (Å²) in [6.45, 7) is 6.54. The smallest absolute Gasteiger partial charge is 0.133 e. The van der Waals surface area contributed by atoms with Crippen LogP contribution >= 0.6 is 0 Å². The Hall–Kier alpha value is -1.22. The normalized spacial score (nSPS) is 31.8. The van der Waals surface area contributed by atoms with Gasteiger partial charge in [0.2, 0.25) is 0 Å². The average molecular weight is 403 g/mol. The van der Waals surface area contributed by atoms with Crippen LogP contribution in [0.2, 0.25) is 0 Å². The molecule has 1 nitrogen and oxygen atoms in total. The minimum Gasteiger partial charge on any atom is -0.374 e. The van der Waals surface area contributed by atoms with Crippen LogP contribution in [-0.4, -0.2) is 12.7 Å². The predicted octanol–water partition coefficient (Wildman–Crippen LogP) is 7.12. The Morgan fingerprint density at radius 3 is 2.69 bits per heavy atom. The van der Waals surface area contributed by atoms with Gasteiger partial charge >= 0.3 is 0 Å². The van der Waals surface area contributed by atoms with E-state index in [1.54, 1.807) is 6.07 Å². The number of benzene rings is 1. The number of hydrogen-bond acceptors (Lipinski definition) is 1. The van der Waals surface area contributed by atoms with Crippen LogP contribution in [0.15, 0.2) is 18.7 Å². The number of ether oxygens (including phenoxy) is 1. The van der Waals surface area contributed by atoms with Crippen molar-refractivity contribution < 1.29 is 13.5 Å². The molecule has 2 fully saturated rings. The van der Waals surface area contributed by atoms with Crippen molar-refractivity contribution >= 4 is 0 Å². The number of rotatable bonds is 6. The van der Waals surface area contributed by atoms with Gasteiger partial charge in [0.15, 0.2) is 0 Å². The second-order valence-electron chi connectivity index (χ2n) is 9.71. The fourth-order valence-electron chi connectivity index (χ4n) is 6.43. The molecule has 5 unspecified atom stereocenters. The first-order chi connectivity index (χ1) is 14.1. The van der Waals surface area contributed by atoms with E-state index in [-0.39, 0.29) is 17.6 Å². The Labute approximate surface area is 174 Å². The molecule has 0 N–H and O–H groups in total. The third kappa shape index (κ3) is 4.45. The van der Waals surface area contributed by atoms with E-state index in [0.717, 1.165) is 81.8 Å². The maximum atomic E-state index is 15.5. The Kier molecular flexibility index (Phi) is 6.73. The summed E-state index contributed by atoms with van der Waals surface area (Å²) in [5, 5.41) is 0. The topological polar surface area (TPSA) is 9.23 Å². The molecule has 29 heavy (non-hydrogen) atoms. The largest absolute Gasteiger partial charge is 0.374 e. The van der Waals surface area contributed by atoms with Gasteiger partial charge < -0.3 is 4.74 Å². The Morgan fingerprint density at radius 1 is 1.10 bits per heavy atom. The minimum atomic E-state index is -0.287. The van der Waals surface area contributed by atoms with Gasteiger partial charge in [-0.25, -0.2) is 8.78 Å². The standard InChI is InChI=1S/C26H36F2O/c1-3-5-17-6-11-23-21(13-17)16-24(27)25(26(23)28)20-8-7-19-15-22(29-12-4-2)10-9-18(19)14-20/h4,16-20,22H,2-3,5-15H2,1H3. The maximum absolute atomic E-state index is 15.5. The molecule has 0 radical (unpaired) electrons.